The minimum Gasteiger partial charge on any atom is -0.387 e. The second-order valence-electron chi connectivity index (χ2n) is 6.43. The molecule has 0 aromatic heterocycles. The molecule has 0 radical (unpaired) electrons. The fourth-order valence-corrected chi connectivity index (χ4v) is 3.09. The molecule has 126 valence electrons. The van der Waals surface area contributed by atoms with Gasteiger partial charge in [0.2, 0.25) is 0 Å². The zero-order valence-corrected chi connectivity index (χ0v) is 13.2. The fourth-order valence-electron chi connectivity index (χ4n) is 3.09. The van der Waals surface area contributed by atoms with Crippen LogP contribution in [0.25, 0.3) is 0 Å². The standard InChI is InChI=1S/C18H17F3N2O/c1-16(2)15(22)23-14-9-8-12(18(19,20)21)10-13(14)17(16,24)11-6-4-3-5-7-11/h3-10,24H,1-2H3,(H2,22,23). The summed E-state index contributed by atoms with van der Waals surface area (Å²) in [5, 5.41) is 11.6. The number of hydrogen-bond acceptors (Lipinski definition) is 3. The van der Waals surface area contributed by atoms with Gasteiger partial charge < -0.3 is 10.8 Å². The topological polar surface area (TPSA) is 58.6 Å². The zero-order chi connectivity index (χ0) is 17.8. The highest BCUT2D eigenvalue weighted by Crippen LogP contribution is 2.52. The molecule has 3 nitrogen and oxygen atoms in total. The van der Waals surface area contributed by atoms with E-state index in [1.807, 2.05) is 0 Å². The Morgan fingerprint density at radius 2 is 1.67 bits per heavy atom. The van der Waals surface area contributed by atoms with E-state index in [-0.39, 0.29) is 17.1 Å². The molecule has 2 aromatic rings. The third-order valence-electron chi connectivity index (χ3n) is 4.69. The Hall–Kier alpha value is -2.34. The van der Waals surface area contributed by atoms with Crippen LogP contribution in [0.2, 0.25) is 0 Å². The van der Waals surface area contributed by atoms with E-state index in [4.69, 9.17) is 5.73 Å². The quantitative estimate of drug-likeness (QED) is 0.829. The number of amidine groups is 1. The van der Waals surface area contributed by atoms with Gasteiger partial charge in [-0.15, -0.1) is 0 Å². The molecule has 0 amide bonds. The molecule has 6 heteroatoms. The Labute approximate surface area is 137 Å². The molecule has 1 unspecified atom stereocenters. The van der Waals surface area contributed by atoms with E-state index < -0.39 is 22.8 Å². The van der Waals surface area contributed by atoms with Crippen LogP contribution in [0.15, 0.2) is 53.5 Å². The Morgan fingerprint density at radius 3 is 2.25 bits per heavy atom. The maximum atomic E-state index is 13.1. The van der Waals surface area contributed by atoms with Crippen molar-refractivity contribution in [2.75, 3.05) is 0 Å². The molecule has 1 atom stereocenters. The van der Waals surface area contributed by atoms with Crippen LogP contribution >= 0.6 is 0 Å². The molecular weight excluding hydrogens is 317 g/mol. The van der Waals surface area contributed by atoms with Crippen LogP contribution in [0.3, 0.4) is 0 Å². The van der Waals surface area contributed by atoms with Crippen molar-refractivity contribution in [3.8, 4) is 0 Å². The van der Waals surface area contributed by atoms with Crippen molar-refractivity contribution in [3.05, 3.63) is 65.2 Å². The molecule has 0 bridgehead atoms. The first-order chi connectivity index (χ1) is 11.1. The van der Waals surface area contributed by atoms with Gasteiger partial charge in [0.25, 0.3) is 0 Å². The van der Waals surface area contributed by atoms with Crippen molar-refractivity contribution in [3.63, 3.8) is 0 Å². The molecule has 1 aliphatic heterocycles. The van der Waals surface area contributed by atoms with Gasteiger partial charge in [-0.2, -0.15) is 13.2 Å². The largest absolute Gasteiger partial charge is 0.416 e. The van der Waals surface area contributed by atoms with E-state index in [2.05, 4.69) is 4.99 Å². The molecule has 0 aliphatic carbocycles. The summed E-state index contributed by atoms with van der Waals surface area (Å²) in [6.07, 6.45) is -4.51. The van der Waals surface area contributed by atoms with Gasteiger partial charge in [0.15, 0.2) is 0 Å². The third kappa shape index (κ3) is 2.21. The summed E-state index contributed by atoms with van der Waals surface area (Å²) < 4.78 is 39.4. The minimum absolute atomic E-state index is 0.0997. The average molecular weight is 334 g/mol. The molecule has 0 fully saturated rings. The molecule has 3 rings (SSSR count). The summed E-state index contributed by atoms with van der Waals surface area (Å²) in [7, 11) is 0. The molecule has 0 saturated heterocycles. The Balaban J connectivity index is 2.35. The SMILES string of the molecule is CC1(C)C(N)=Nc2ccc(C(F)(F)F)cc2C1(O)c1ccccc1. The Morgan fingerprint density at radius 1 is 1.04 bits per heavy atom. The van der Waals surface area contributed by atoms with Crippen molar-refractivity contribution < 1.29 is 18.3 Å². The van der Waals surface area contributed by atoms with Gasteiger partial charge in [0.05, 0.1) is 16.7 Å². The normalized spacial score (nSPS) is 22.7. The Bertz CT molecular complexity index is 813. The van der Waals surface area contributed by atoms with Crippen LogP contribution in [0, 0.1) is 5.41 Å². The molecule has 1 heterocycles. The molecule has 3 N–H and O–H groups in total. The predicted octanol–water partition coefficient (Wildman–Crippen LogP) is 3.97. The minimum atomic E-state index is -4.51. The van der Waals surface area contributed by atoms with E-state index in [0.717, 1.165) is 12.1 Å². The number of fused-ring (bicyclic) bond motifs is 1. The van der Waals surface area contributed by atoms with Gasteiger partial charge in [-0.05, 0) is 37.6 Å². The lowest BCUT2D eigenvalue weighted by Gasteiger charge is -2.46. The van der Waals surface area contributed by atoms with Crippen LogP contribution in [-0.4, -0.2) is 10.9 Å². The molecule has 0 spiro atoms. The van der Waals surface area contributed by atoms with Gasteiger partial charge in [-0.3, -0.25) is 0 Å². The van der Waals surface area contributed by atoms with Gasteiger partial charge in [0, 0.05) is 5.56 Å². The number of nitrogens with two attached hydrogens (primary N) is 1. The fraction of sp³-hybridized carbons (Fsp3) is 0.278. The molecule has 24 heavy (non-hydrogen) atoms. The summed E-state index contributed by atoms with van der Waals surface area (Å²) in [6.45, 7) is 3.34. The third-order valence-corrected chi connectivity index (χ3v) is 4.69. The molecule has 0 saturated carbocycles. The summed E-state index contributed by atoms with van der Waals surface area (Å²) >= 11 is 0. The lowest BCUT2D eigenvalue weighted by molar-refractivity contribution is -0.137. The summed E-state index contributed by atoms with van der Waals surface area (Å²) in [5.74, 6) is 0.168. The number of hydrogen-bond donors (Lipinski definition) is 2. The first-order valence-electron chi connectivity index (χ1n) is 7.43. The first kappa shape index (κ1) is 16.5. The van der Waals surface area contributed by atoms with E-state index >= 15 is 0 Å². The van der Waals surface area contributed by atoms with Crippen LogP contribution in [0.1, 0.15) is 30.5 Å². The summed E-state index contributed by atoms with van der Waals surface area (Å²) in [4.78, 5) is 4.21. The van der Waals surface area contributed by atoms with E-state index in [9.17, 15) is 18.3 Å². The van der Waals surface area contributed by atoms with Crippen molar-refractivity contribution in [1.29, 1.82) is 0 Å². The van der Waals surface area contributed by atoms with Crippen LogP contribution in [0.4, 0.5) is 18.9 Å². The number of benzene rings is 2. The number of halogens is 3. The number of aliphatic hydroxyl groups is 1. The first-order valence-corrected chi connectivity index (χ1v) is 7.43. The van der Waals surface area contributed by atoms with Crippen LogP contribution in [0.5, 0.6) is 0 Å². The van der Waals surface area contributed by atoms with E-state index in [0.29, 0.717) is 5.56 Å². The van der Waals surface area contributed by atoms with Crippen molar-refractivity contribution in [1.82, 2.24) is 0 Å². The maximum absolute atomic E-state index is 13.1. The highest BCUT2D eigenvalue weighted by Gasteiger charge is 2.53. The van der Waals surface area contributed by atoms with Gasteiger partial charge >= 0.3 is 6.18 Å². The number of aliphatic imine (C=N–C) groups is 1. The highest BCUT2D eigenvalue weighted by molar-refractivity contribution is 5.93. The maximum Gasteiger partial charge on any atom is 0.416 e. The van der Waals surface area contributed by atoms with Crippen LogP contribution in [-0.2, 0) is 11.8 Å². The lowest BCUT2D eigenvalue weighted by atomic mass is 9.64. The summed E-state index contributed by atoms with van der Waals surface area (Å²) in [5.41, 5.74) is 3.20. The molecule has 1 aliphatic rings. The smallest absolute Gasteiger partial charge is 0.387 e. The van der Waals surface area contributed by atoms with Gasteiger partial charge in [-0.25, -0.2) is 4.99 Å². The second-order valence-corrected chi connectivity index (χ2v) is 6.43. The van der Waals surface area contributed by atoms with E-state index in [1.54, 1.807) is 44.2 Å². The summed E-state index contributed by atoms with van der Waals surface area (Å²) in [6, 6.07) is 11.7. The average Bonchev–Trinajstić information content (AvgIpc) is 2.53. The lowest BCUT2D eigenvalue weighted by Crippen LogP contribution is -2.52. The highest BCUT2D eigenvalue weighted by atomic mass is 19.4. The Kier molecular flexibility index (Phi) is 3.49. The van der Waals surface area contributed by atoms with Crippen LogP contribution < -0.4 is 5.73 Å². The second kappa shape index (κ2) is 5.08. The van der Waals surface area contributed by atoms with Gasteiger partial charge in [0.1, 0.15) is 11.4 Å². The number of alkyl halides is 3. The number of rotatable bonds is 1. The number of nitrogens with zero attached hydrogens (tertiary/aromatic N) is 1. The van der Waals surface area contributed by atoms with Crippen molar-refractivity contribution in [2.45, 2.75) is 25.6 Å². The van der Waals surface area contributed by atoms with Gasteiger partial charge in [-0.1, -0.05) is 30.3 Å². The predicted molar refractivity (Wildman–Crippen MR) is 85.9 cm³/mol. The van der Waals surface area contributed by atoms with E-state index in [1.165, 1.54) is 6.07 Å². The monoisotopic (exact) mass is 334 g/mol. The van der Waals surface area contributed by atoms with Crippen molar-refractivity contribution >= 4 is 11.5 Å². The molecule has 2 aromatic carbocycles. The zero-order valence-electron chi connectivity index (χ0n) is 13.2. The van der Waals surface area contributed by atoms with Crippen molar-refractivity contribution in [2.24, 2.45) is 16.1 Å². The molecular formula is C18H17F3N2O.